The Morgan fingerprint density at radius 2 is 0.969 bits per heavy atom. The summed E-state index contributed by atoms with van der Waals surface area (Å²) in [7, 11) is 0. The molecule has 4 aromatic rings. The number of benzene rings is 4. The summed E-state index contributed by atoms with van der Waals surface area (Å²) in [5.74, 6) is 1.61. The molecule has 0 aliphatic carbocycles. The Morgan fingerprint density at radius 3 is 1.44 bits per heavy atom. The average Bonchev–Trinajstić information content (AvgIpc) is 2.86. The van der Waals surface area contributed by atoms with Crippen LogP contribution >= 0.6 is 46.1 Å². The molecule has 0 fully saturated rings. The van der Waals surface area contributed by atoms with Gasteiger partial charge in [0, 0.05) is 0 Å². The number of halogens is 1. The first-order chi connectivity index (χ1) is 15.6. The van der Waals surface area contributed by atoms with Gasteiger partial charge in [-0.05, 0) is 0 Å². The van der Waals surface area contributed by atoms with E-state index in [-0.39, 0.29) is 0 Å². The summed E-state index contributed by atoms with van der Waals surface area (Å²) in [5.41, 5.74) is 3.88. The molecule has 0 saturated carbocycles. The molecular weight excluding hydrogens is 511 g/mol. The first kappa shape index (κ1) is 23.6. The van der Waals surface area contributed by atoms with Gasteiger partial charge in [-0.25, -0.2) is 0 Å². The summed E-state index contributed by atoms with van der Waals surface area (Å²) >= 11 is 13.4. The van der Waals surface area contributed by atoms with Crippen molar-refractivity contribution in [3.8, 4) is 0 Å². The maximum absolute atomic E-state index is 4.55. The van der Waals surface area contributed by atoms with Gasteiger partial charge in [-0.1, -0.05) is 0 Å². The zero-order chi connectivity index (χ0) is 22.5. The van der Waals surface area contributed by atoms with E-state index in [2.05, 4.69) is 150 Å². The number of thiol groups is 2. The number of hydrogen-bond acceptors (Lipinski definition) is 2. The van der Waals surface area contributed by atoms with Gasteiger partial charge in [0.15, 0.2) is 0 Å². The van der Waals surface area contributed by atoms with Crippen LogP contribution in [0.4, 0.5) is 0 Å². The molecule has 0 nitrogen and oxygen atoms in total. The fraction of sp³-hybridized carbons (Fsp3) is 0.143. The standard InChI is InChI=1S/C28H28BrPS2/c29-30(26-7-3-1-4-8-26,27-9-5-2-6-10-27,21-24-11-13-25(22-32)14-12-24)28-17-15-23(16-18-28)19-20-31/h1-18,31-32H,19-22H2. The van der Waals surface area contributed by atoms with Gasteiger partial charge in [0.25, 0.3) is 0 Å². The van der Waals surface area contributed by atoms with E-state index in [1.54, 1.807) is 0 Å². The molecule has 0 aromatic heterocycles. The molecule has 0 aliphatic rings. The van der Waals surface area contributed by atoms with Crippen molar-refractivity contribution >= 4 is 62.0 Å². The van der Waals surface area contributed by atoms with E-state index in [0.717, 1.165) is 24.1 Å². The van der Waals surface area contributed by atoms with Crippen molar-refractivity contribution < 1.29 is 0 Å². The van der Waals surface area contributed by atoms with Crippen LogP contribution in [0.3, 0.4) is 0 Å². The second-order valence-corrected chi connectivity index (χ2v) is 17.8. The Balaban J connectivity index is 2.00. The van der Waals surface area contributed by atoms with Crippen molar-refractivity contribution in [3.63, 3.8) is 0 Å². The Kier molecular flexibility index (Phi) is 7.52. The van der Waals surface area contributed by atoms with Gasteiger partial charge in [0.2, 0.25) is 0 Å². The predicted octanol–water partition coefficient (Wildman–Crippen LogP) is 6.93. The van der Waals surface area contributed by atoms with Crippen LogP contribution in [0, 0.1) is 0 Å². The molecule has 0 spiro atoms. The molecule has 0 heterocycles. The minimum absolute atomic E-state index is 0.752. The van der Waals surface area contributed by atoms with Gasteiger partial charge in [-0.2, -0.15) is 0 Å². The SMILES string of the molecule is SCCc1ccc(P(Br)(Cc2ccc(CS)cc2)(c2ccccc2)c2ccccc2)cc1. The molecule has 32 heavy (non-hydrogen) atoms. The molecule has 0 N–H and O–H groups in total. The van der Waals surface area contributed by atoms with Crippen LogP contribution in [0.2, 0.25) is 0 Å². The fourth-order valence-electron chi connectivity index (χ4n) is 4.39. The topological polar surface area (TPSA) is 0 Å². The van der Waals surface area contributed by atoms with Gasteiger partial charge in [0.1, 0.15) is 0 Å². The second kappa shape index (κ2) is 10.2. The first-order valence-electron chi connectivity index (χ1n) is 10.8. The van der Waals surface area contributed by atoms with E-state index >= 15 is 0 Å². The normalized spacial score (nSPS) is 12.8. The minimum atomic E-state index is -2.98. The summed E-state index contributed by atoms with van der Waals surface area (Å²) in [4.78, 5) is 0. The van der Waals surface area contributed by atoms with Crippen molar-refractivity contribution in [3.05, 3.63) is 126 Å². The third kappa shape index (κ3) is 4.46. The van der Waals surface area contributed by atoms with E-state index in [9.17, 15) is 0 Å². The van der Waals surface area contributed by atoms with E-state index in [4.69, 9.17) is 0 Å². The van der Waals surface area contributed by atoms with E-state index in [1.165, 1.54) is 32.6 Å². The summed E-state index contributed by atoms with van der Waals surface area (Å²) in [6.07, 6.45) is 1.88. The summed E-state index contributed by atoms with van der Waals surface area (Å²) in [6.45, 7) is 0. The molecule has 0 saturated heterocycles. The Hall–Kier alpha value is -1.51. The molecule has 164 valence electrons. The third-order valence-electron chi connectivity index (χ3n) is 6.15. The molecule has 4 rings (SSSR count). The summed E-state index contributed by atoms with van der Waals surface area (Å²) in [6, 6.07) is 40.0. The van der Waals surface area contributed by atoms with Crippen LogP contribution in [-0.4, -0.2) is 5.75 Å². The predicted molar refractivity (Wildman–Crippen MR) is 154 cm³/mol. The monoisotopic (exact) mass is 538 g/mol. The number of rotatable bonds is 8. The van der Waals surface area contributed by atoms with Crippen LogP contribution in [-0.2, 0) is 18.3 Å². The molecule has 0 unspecified atom stereocenters. The van der Waals surface area contributed by atoms with Crippen LogP contribution < -0.4 is 15.9 Å². The number of hydrogen-bond donors (Lipinski definition) is 2. The molecule has 0 atom stereocenters. The van der Waals surface area contributed by atoms with Crippen molar-refractivity contribution in [2.45, 2.75) is 18.3 Å². The zero-order valence-corrected chi connectivity index (χ0v) is 22.2. The average molecular weight is 540 g/mol. The molecule has 4 aromatic carbocycles. The zero-order valence-electron chi connectivity index (χ0n) is 17.9. The van der Waals surface area contributed by atoms with Crippen LogP contribution in [0.5, 0.6) is 0 Å². The van der Waals surface area contributed by atoms with Crippen molar-refractivity contribution in [2.75, 3.05) is 5.75 Å². The van der Waals surface area contributed by atoms with Crippen molar-refractivity contribution in [1.82, 2.24) is 0 Å². The number of aryl methyl sites for hydroxylation is 1. The quantitative estimate of drug-likeness (QED) is 0.176. The molecule has 0 radical (unpaired) electrons. The van der Waals surface area contributed by atoms with E-state index in [1.807, 2.05) is 0 Å². The third-order valence-corrected chi connectivity index (χ3v) is 16.3. The van der Waals surface area contributed by atoms with Gasteiger partial charge in [-0.3, -0.25) is 0 Å². The second-order valence-electron chi connectivity index (χ2n) is 8.13. The van der Waals surface area contributed by atoms with E-state index < -0.39 is 5.31 Å². The van der Waals surface area contributed by atoms with Gasteiger partial charge in [-0.15, -0.1) is 0 Å². The Labute approximate surface area is 211 Å². The van der Waals surface area contributed by atoms with Crippen LogP contribution in [0.25, 0.3) is 0 Å². The van der Waals surface area contributed by atoms with Crippen LogP contribution in [0.15, 0.2) is 109 Å². The summed E-state index contributed by atoms with van der Waals surface area (Å²) in [5, 5.41) is 1.04. The Morgan fingerprint density at radius 1 is 0.531 bits per heavy atom. The molecule has 4 heteroatoms. The van der Waals surface area contributed by atoms with Gasteiger partial charge >= 0.3 is 212 Å². The van der Waals surface area contributed by atoms with Gasteiger partial charge < -0.3 is 0 Å². The molecular formula is C28H28BrPS2. The summed E-state index contributed by atoms with van der Waals surface area (Å²) < 4.78 is 0. The molecule has 0 amide bonds. The maximum atomic E-state index is 4.55. The molecule has 0 bridgehead atoms. The van der Waals surface area contributed by atoms with E-state index in [0.29, 0.717) is 0 Å². The van der Waals surface area contributed by atoms with Gasteiger partial charge in [0.05, 0.1) is 0 Å². The Bertz CT molecular complexity index is 1100. The molecule has 0 aliphatic heterocycles. The fourth-order valence-corrected chi connectivity index (χ4v) is 12.6. The van der Waals surface area contributed by atoms with Crippen molar-refractivity contribution in [2.24, 2.45) is 0 Å². The first-order valence-corrected chi connectivity index (χ1v) is 16.5. The van der Waals surface area contributed by atoms with Crippen molar-refractivity contribution in [1.29, 1.82) is 0 Å². The van der Waals surface area contributed by atoms with Crippen LogP contribution in [0.1, 0.15) is 16.7 Å².